The molecule has 2 aromatic carbocycles. The number of benzene rings is 2. The SMILES string of the molecule is O=C(O)COc1c(C(=O)O)sc(-c2cccc(N(C3CCNCC3)S(=O)(=O)Cc3ccccc3)c2)c1Br. The van der Waals surface area contributed by atoms with Crippen LogP contribution in [0.4, 0.5) is 5.69 Å². The zero-order valence-corrected chi connectivity index (χ0v) is 22.8. The summed E-state index contributed by atoms with van der Waals surface area (Å²) >= 11 is 4.29. The van der Waals surface area contributed by atoms with Gasteiger partial charge in [0.2, 0.25) is 10.0 Å². The van der Waals surface area contributed by atoms with Crippen LogP contribution in [0.15, 0.2) is 59.1 Å². The maximum absolute atomic E-state index is 13.8. The molecule has 0 atom stereocenters. The van der Waals surface area contributed by atoms with E-state index in [1.165, 1.54) is 4.31 Å². The molecular weight excluding hydrogens is 584 g/mol. The second-order valence-electron chi connectivity index (χ2n) is 8.46. The number of ether oxygens (including phenoxy) is 1. The smallest absolute Gasteiger partial charge is 0.349 e. The van der Waals surface area contributed by atoms with Crippen LogP contribution in [0.1, 0.15) is 28.1 Å². The molecule has 37 heavy (non-hydrogen) atoms. The lowest BCUT2D eigenvalue weighted by molar-refractivity contribution is -0.139. The normalized spacial score (nSPS) is 14.3. The molecule has 0 saturated carbocycles. The summed E-state index contributed by atoms with van der Waals surface area (Å²) in [5.74, 6) is -2.72. The standard InChI is InChI=1S/C25H25BrN2O7S2/c26-21-22(35-14-20(29)30)24(25(31)32)36-23(21)17-7-4-8-19(13-17)28(18-9-11-27-12-10-18)37(33,34)15-16-5-2-1-3-6-16/h1-8,13,18,27H,9-12,14-15H2,(H,29,30)(H,31,32). The minimum absolute atomic E-state index is 0.0767. The zero-order chi connectivity index (χ0) is 26.6. The molecule has 1 saturated heterocycles. The van der Waals surface area contributed by atoms with Crippen molar-refractivity contribution in [1.82, 2.24) is 5.32 Å². The zero-order valence-electron chi connectivity index (χ0n) is 19.6. The summed E-state index contributed by atoms with van der Waals surface area (Å²) in [6.45, 7) is 0.700. The molecule has 1 aliphatic heterocycles. The van der Waals surface area contributed by atoms with E-state index in [2.05, 4.69) is 21.2 Å². The van der Waals surface area contributed by atoms with E-state index in [-0.39, 0.29) is 22.4 Å². The summed E-state index contributed by atoms with van der Waals surface area (Å²) in [6.07, 6.45) is 1.30. The summed E-state index contributed by atoms with van der Waals surface area (Å²) in [5, 5.41) is 21.9. The molecule has 196 valence electrons. The number of thiophene rings is 1. The fourth-order valence-corrected chi connectivity index (χ4v) is 8.00. The highest BCUT2D eigenvalue weighted by Crippen LogP contribution is 2.46. The first kappa shape index (κ1) is 27.1. The van der Waals surface area contributed by atoms with Gasteiger partial charge in [0.15, 0.2) is 17.2 Å². The van der Waals surface area contributed by atoms with E-state index in [4.69, 9.17) is 9.84 Å². The molecule has 0 bridgehead atoms. The van der Waals surface area contributed by atoms with Crippen molar-refractivity contribution in [2.75, 3.05) is 24.0 Å². The van der Waals surface area contributed by atoms with Crippen molar-refractivity contribution in [1.29, 1.82) is 0 Å². The fourth-order valence-electron chi connectivity index (χ4n) is 4.26. The first-order chi connectivity index (χ1) is 17.7. The van der Waals surface area contributed by atoms with Gasteiger partial charge in [-0.25, -0.2) is 18.0 Å². The number of nitrogens with one attached hydrogen (secondary N) is 1. The third-order valence-electron chi connectivity index (χ3n) is 5.84. The second kappa shape index (κ2) is 11.6. The summed E-state index contributed by atoms with van der Waals surface area (Å²) in [5.41, 5.74) is 1.74. The molecule has 0 aliphatic carbocycles. The predicted molar refractivity (Wildman–Crippen MR) is 145 cm³/mol. The maximum atomic E-state index is 13.8. The highest BCUT2D eigenvalue weighted by Gasteiger charge is 2.32. The van der Waals surface area contributed by atoms with Crippen molar-refractivity contribution in [3.05, 3.63) is 69.5 Å². The molecule has 9 nitrogen and oxygen atoms in total. The number of anilines is 1. The number of rotatable bonds is 10. The Morgan fingerprint density at radius 2 is 1.78 bits per heavy atom. The van der Waals surface area contributed by atoms with Crippen LogP contribution >= 0.6 is 27.3 Å². The van der Waals surface area contributed by atoms with Crippen LogP contribution in [-0.2, 0) is 20.6 Å². The second-order valence-corrected chi connectivity index (χ2v) is 12.1. The number of nitrogens with zero attached hydrogens (tertiary/aromatic N) is 1. The molecule has 0 unspecified atom stereocenters. The molecule has 0 radical (unpaired) electrons. The number of piperidine rings is 1. The van der Waals surface area contributed by atoms with Gasteiger partial charge in [-0.05, 0) is 65.1 Å². The Balaban J connectivity index is 1.76. The topological polar surface area (TPSA) is 133 Å². The van der Waals surface area contributed by atoms with Crippen LogP contribution in [0.3, 0.4) is 0 Å². The summed E-state index contributed by atoms with van der Waals surface area (Å²) in [7, 11) is -3.76. The predicted octanol–water partition coefficient (Wildman–Crippen LogP) is 4.43. The number of aromatic carboxylic acids is 1. The Labute approximate surface area is 226 Å². The lowest BCUT2D eigenvalue weighted by Crippen LogP contribution is -2.46. The number of carboxylic acid groups (broad SMARTS) is 2. The molecule has 4 rings (SSSR count). The van der Waals surface area contributed by atoms with Crippen molar-refractivity contribution >= 4 is 54.9 Å². The molecule has 2 heterocycles. The average Bonchev–Trinajstić information content (AvgIpc) is 3.20. The maximum Gasteiger partial charge on any atom is 0.349 e. The van der Waals surface area contributed by atoms with E-state index < -0.39 is 28.6 Å². The summed E-state index contributed by atoms with van der Waals surface area (Å²) in [6, 6.07) is 15.7. The van der Waals surface area contributed by atoms with Gasteiger partial charge in [0, 0.05) is 6.04 Å². The molecule has 1 aromatic heterocycles. The van der Waals surface area contributed by atoms with Gasteiger partial charge >= 0.3 is 11.9 Å². The van der Waals surface area contributed by atoms with Crippen LogP contribution in [-0.4, -0.2) is 56.3 Å². The number of carboxylic acids is 2. The van der Waals surface area contributed by atoms with Gasteiger partial charge in [-0.15, -0.1) is 11.3 Å². The Bertz CT molecular complexity index is 1390. The Hall–Kier alpha value is -2.93. The Morgan fingerprint density at radius 3 is 2.43 bits per heavy atom. The number of carbonyl (C=O) groups is 2. The number of hydrogen-bond acceptors (Lipinski definition) is 7. The molecule has 0 spiro atoms. The minimum Gasteiger partial charge on any atom is -0.479 e. The van der Waals surface area contributed by atoms with E-state index in [1.54, 1.807) is 48.5 Å². The largest absolute Gasteiger partial charge is 0.479 e. The van der Waals surface area contributed by atoms with Crippen LogP contribution < -0.4 is 14.4 Å². The van der Waals surface area contributed by atoms with Crippen molar-refractivity contribution in [3.8, 4) is 16.2 Å². The van der Waals surface area contributed by atoms with E-state index in [0.717, 1.165) is 11.3 Å². The first-order valence-corrected chi connectivity index (χ1v) is 14.7. The molecule has 12 heteroatoms. The quantitative estimate of drug-likeness (QED) is 0.308. The van der Waals surface area contributed by atoms with Crippen molar-refractivity contribution < 1.29 is 33.0 Å². The summed E-state index contributed by atoms with van der Waals surface area (Å²) < 4.78 is 34.6. The van der Waals surface area contributed by atoms with E-state index in [0.29, 0.717) is 52.1 Å². The molecular formula is C25H25BrN2O7S2. The van der Waals surface area contributed by atoms with E-state index in [1.807, 2.05) is 6.07 Å². The minimum atomic E-state index is -3.76. The van der Waals surface area contributed by atoms with Gasteiger partial charge in [0.05, 0.1) is 20.8 Å². The van der Waals surface area contributed by atoms with Crippen LogP contribution in [0.2, 0.25) is 0 Å². The van der Waals surface area contributed by atoms with Crippen LogP contribution in [0, 0.1) is 0 Å². The average molecular weight is 610 g/mol. The Morgan fingerprint density at radius 1 is 1.08 bits per heavy atom. The number of hydrogen-bond donors (Lipinski definition) is 3. The highest BCUT2D eigenvalue weighted by atomic mass is 79.9. The van der Waals surface area contributed by atoms with E-state index >= 15 is 0 Å². The third-order valence-corrected chi connectivity index (χ3v) is 9.87. The lowest BCUT2D eigenvalue weighted by atomic mass is 10.1. The highest BCUT2D eigenvalue weighted by molar-refractivity contribution is 9.10. The van der Waals surface area contributed by atoms with Gasteiger partial charge in [-0.2, -0.15) is 0 Å². The van der Waals surface area contributed by atoms with Crippen LogP contribution in [0.5, 0.6) is 5.75 Å². The van der Waals surface area contributed by atoms with Crippen molar-refractivity contribution in [3.63, 3.8) is 0 Å². The van der Waals surface area contributed by atoms with E-state index in [9.17, 15) is 23.1 Å². The number of sulfonamides is 1. The van der Waals surface area contributed by atoms with Gasteiger partial charge in [0.1, 0.15) is 0 Å². The van der Waals surface area contributed by atoms with Gasteiger partial charge in [-0.1, -0.05) is 42.5 Å². The number of halogens is 1. The summed E-state index contributed by atoms with van der Waals surface area (Å²) in [4.78, 5) is 23.1. The lowest BCUT2D eigenvalue weighted by Gasteiger charge is -2.35. The van der Waals surface area contributed by atoms with Crippen molar-refractivity contribution in [2.45, 2.75) is 24.6 Å². The van der Waals surface area contributed by atoms with Crippen molar-refractivity contribution in [2.24, 2.45) is 0 Å². The Kier molecular flexibility index (Phi) is 8.53. The molecule has 1 aliphatic rings. The monoisotopic (exact) mass is 608 g/mol. The van der Waals surface area contributed by atoms with Gasteiger partial charge in [0.25, 0.3) is 0 Å². The van der Waals surface area contributed by atoms with Crippen LogP contribution in [0.25, 0.3) is 10.4 Å². The number of aliphatic carboxylic acids is 1. The third kappa shape index (κ3) is 6.32. The molecule has 0 amide bonds. The molecule has 3 aromatic rings. The van der Waals surface area contributed by atoms with Gasteiger partial charge in [-0.3, -0.25) is 4.31 Å². The fraction of sp³-hybridized carbons (Fsp3) is 0.280. The first-order valence-electron chi connectivity index (χ1n) is 11.4. The van der Waals surface area contributed by atoms with Gasteiger partial charge < -0.3 is 20.3 Å². The molecule has 3 N–H and O–H groups in total. The molecule has 1 fully saturated rings.